The summed E-state index contributed by atoms with van der Waals surface area (Å²) in [5, 5.41) is 0. The number of anilines is 1. The molecule has 1 aromatic rings. The smallest absolute Gasteiger partial charge is 0.156 e. The zero-order valence-corrected chi connectivity index (χ0v) is 9.04. The molecule has 0 bridgehead atoms. The molecule has 0 aliphatic carbocycles. The van der Waals surface area contributed by atoms with Crippen molar-refractivity contribution >= 4 is 21.7 Å². The molecular weight excluding hydrogens is 234 g/mol. The highest BCUT2D eigenvalue weighted by Crippen LogP contribution is 2.13. The molecule has 1 rings (SSSR count). The average Bonchev–Trinajstić information content (AvgIpc) is 2.12. The lowest BCUT2D eigenvalue weighted by Crippen LogP contribution is -2.03. The maximum atomic E-state index is 5.49. The molecule has 4 nitrogen and oxygen atoms in total. The van der Waals surface area contributed by atoms with Gasteiger partial charge in [0.05, 0.1) is 18.5 Å². The Hall–Kier alpha value is -0.680. The zero-order valence-electron chi connectivity index (χ0n) is 7.46. The van der Waals surface area contributed by atoms with Gasteiger partial charge in [-0.2, -0.15) is 0 Å². The summed E-state index contributed by atoms with van der Waals surface area (Å²) in [4.78, 5) is 8.16. The van der Waals surface area contributed by atoms with Crippen LogP contribution in [0.3, 0.4) is 0 Å². The average molecular weight is 246 g/mol. The van der Waals surface area contributed by atoms with Crippen molar-refractivity contribution in [2.45, 2.75) is 13.3 Å². The first-order valence-corrected chi connectivity index (χ1v) is 4.88. The number of hydrogen-bond donors (Lipinski definition) is 1. The van der Waals surface area contributed by atoms with Gasteiger partial charge in [-0.1, -0.05) is 0 Å². The second-order valence-corrected chi connectivity index (χ2v) is 3.24. The van der Waals surface area contributed by atoms with E-state index in [2.05, 4.69) is 25.9 Å². The van der Waals surface area contributed by atoms with Crippen molar-refractivity contribution in [1.29, 1.82) is 0 Å². The summed E-state index contributed by atoms with van der Waals surface area (Å²) in [7, 11) is 0. The summed E-state index contributed by atoms with van der Waals surface area (Å²) < 4.78 is 5.79. The number of rotatable bonds is 4. The van der Waals surface area contributed by atoms with Gasteiger partial charge in [-0.3, -0.25) is 0 Å². The van der Waals surface area contributed by atoms with Gasteiger partial charge in [0.1, 0.15) is 4.60 Å². The van der Waals surface area contributed by atoms with E-state index < -0.39 is 0 Å². The molecule has 72 valence electrons. The number of ether oxygens (including phenoxy) is 1. The van der Waals surface area contributed by atoms with Crippen molar-refractivity contribution in [3.05, 3.63) is 16.5 Å². The predicted molar refractivity (Wildman–Crippen MR) is 54.3 cm³/mol. The molecule has 13 heavy (non-hydrogen) atoms. The van der Waals surface area contributed by atoms with Crippen LogP contribution in [0.2, 0.25) is 0 Å². The van der Waals surface area contributed by atoms with Crippen molar-refractivity contribution in [3.63, 3.8) is 0 Å². The third-order valence-corrected chi connectivity index (χ3v) is 2.10. The van der Waals surface area contributed by atoms with Gasteiger partial charge in [0, 0.05) is 13.0 Å². The van der Waals surface area contributed by atoms with Crippen LogP contribution in [-0.4, -0.2) is 23.2 Å². The molecule has 5 heteroatoms. The minimum atomic E-state index is 0.417. The molecule has 1 heterocycles. The molecule has 2 N–H and O–H groups in total. The number of nitrogens with zero attached hydrogens (tertiary/aromatic N) is 2. The molecule has 0 atom stereocenters. The van der Waals surface area contributed by atoms with E-state index in [4.69, 9.17) is 10.5 Å². The van der Waals surface area contributed by atoms with Crippen LogP contribution in [0.1, 0.15) is 12.6 Å². The Bertz CT molecular complexity index is 280. The second-order valence-electron chi connectivity index (χ2n) is 2.48. The molecule has 0 aliphatic heterocycles. The number of halogens is 1. The van der Waals surface area contributed by atoms with Gasteiger partial charge in [-0.15, -0.1) is 0 Å². The van der Waals surface area contributed by atoms with E-state index in [0.29, 0.717) is 17.0 Å². The molecule has 0 aromatic carbocycles. The molecular formula is C8H12BrN3O. The Morgan fingerprint density at radius 2 is 2.38 bits per heavy atom. The van der Waals surface area contributed by atoms with Gasteiger partial charge in [0.25, 0.3) is 0 Å². The van der Waals surface area contributed by atoms with Gasteiger partial charge in [-0.05, 0) is 22.9 Å². The quantitative estimate of drug-likeness (QED) is 0.815. The minimum absolute atomic E-state index is 0.417. The first-order valence-electron chi connectivity index (χ1n) is 4.08. The minimum Gasteiger partial charge on any atom is -0.381 e. The summed E-state index contributed by atoms with van der Waals surface area (Å²) in [6.45, 7) is 3.36. The fourth-order valence-corrected chi connectivity index (χ4v) is 1.18. The lowest BCUT2D eigenvalue weighted by Gasteiger charge is -2.02. The molecule has 0 saturated heterocycles. The normalized spacial score (nSPS) is 10.3. The summed E-state index contributed by atoms with van der Waals surface area (Å²) in [6.07, 6.45) is 2.43. The maximum Gasteiger partial charge on any atom is 0.156 e. The number of nitrogen functional groups attached to an aromatic ring is 1. The maximum absolute atomic E-state index is 5.49. The predicted octanol–water partition coefficient (Wildman–Crippen LogP) is 1.40. The molecule has 0 unspecified atom stereocenters. The summed E-state index contributed by atoms with van der Waals surface area (Å²) in [5.74, 6) is 0.417. The van der Waals surface area contributed by atoms with E-state index in [0.717, 1.165) is 18.7 Å². The molecule has 0 radical (unpaired) electrons. The van der Waals surface area contributed by atoms with E-state index in [-0.39, 0.29) is 0 Å². The summed E-state index contributed by atoms with van der Waals surface area (Å²) >= 11 is 3.22. The van der Waals surface area contributed by atoms with Crippen molar-refractivity contribution in [3.8, 4) is 0 Å². The number of hydrogen-bond acceptors (Lipinski definition) is 4. The Kier molecular flexibility index (Phi) is 4.11. The van der Waals surface area contributed by atoms with Gasteiger partial charge < -0.3 is 10.5 Å². The molecule has 0 amide bonds. The lowest BCUT2D eigenvalue weighted by molar-refractivity contribution is 0.150. The second kappa shape index (κ2) is 5.14. The fourth-order valence-electron chi connectivity index (χ4n) is 0.851. The third-order valence-electron chi connectivity index (χ3n) is 1.51. The molecule has 0 spiro atoms. The first-order chi connectivity index (χ1) is 6.24. The van der Waals surface area contributed by atoms with E-state index in [9.17, 15) is 0 Å². The molecule has 0 saturated carbocycles. The van der Waals surface area contributed by atoms with Crippen LogP contribution in [0.4, 0.5) is 5.82 Å². The van der Waals surface area contributed by atoms with Crippen LogP contribution in [0.25, 0.3) is 0 Å². The van der Waals surface area contributed by atoms with Gasteiger partial charge in [0.15, 0.2) is 5.82 Å². The topological polar surface area (TPSA) is 61.0 Å². The fraction of sp³-hybridized carbons (Fsp3) is 0.500. The molecule has 1 aromatic heterocycles. The first kappa shape index (κ1) is 10.4. The van der Waals surface area contributed by atoms with Crippen LogP contribution in [0, 0.1) is 0 Å². The van der Waals surface area contributed by atoms with E-state index in [1.54, 1.807) is 6.20 Å². The largest absolute Gasteiger partial charge is 0.381 e. The van der Waals surface area contributed by atoms with Crippen molar-refractivity contribution in [1.82, 2.24) is 9.97 Å². The lowest BCUT2D eigenvalue weighted by atomic mass is 10.3. The number of aromatic nitrogens is 2. The van der Waals surface area contributed by atoms with E-state index >= 15 is 0 Å². The van der Waals surface area contributed by atoms with Crippen LogP contribution >= 0.6 is 15.9 Å². The Balaban J connectivity index is 2.53. The van der Waals surface area contributed by atoms with Gasteiger partial charge in [-0.25, -0.2) is 9.97 Å². The van der Waals surface area contributed by atoms with Crippen LogP contribution < -0.4 is 5.73 Å². The molecule has 0 fully saturated rings. The van der Waals surface area contributed by atoms with E-state index in [1.165, 1.54) is 0 Å². The Labute approximate surface area is 85.7 Å². The highest BCUT2D eigenvalue weighted by molar-refractivity contribution is 9.10. The standard InChI is InChI=1S/C8H12BrN3O/c1-2-13-4-3-6-5-11-8(10)7(9)12-6/h5H,2-4H2,1H3,(H2,10,11). The third kappa shape index (κ3) is 3.28. The van der Waals surface area contributed by atoms with Crippen molar-refractivity contribution < 1.29 is 4.74 Å². The summed E-state index contributed by atoms with van der Waals surface area (Å²) in [5.41, 5.74) is 6.38. The SMILES string of the molecule is CCOCCc1cnc(N)c(Br)n1. The van der Waals surface area contributed by atoms with Gasteiger partial charge >= 0.3 is 0 Å². The highest BCUT2D eigenvalue weighted by Gasteiger charge is 2.00. The molecule has 0 aliphatic rings. The monoisotopic (exact) mass is 245 g/mol. The van der Waals surface area contributed by atoms with Crippen molar-refractivity contribution in [2.24, 2.45) is 0 Å². The van der Waals surface area contributed by atoms with Crippen LogP contribution in [0.15, 0.2) is 10.8 Å². The van der Waals surface area contributed by atoms with E-state index in [1.807, 2.05) is 6.92 Å². The highest BCUT2D eigenvalue weighted by atomic mass is 79.9. The van der Waals surface area contributed by atoms with Gasteiger partial charge in [0.2, 0.25) is 0 Å². The summed E-state index contributed by atoms with van der Waals surface area (Å²) in [6, 6.07) is 0. The van der Waals surface area contributed by atoms with Crippen molar-refractivity contribution in [2.75, 3.05) is 18.9 Å². The zero-order chi connectivity index (χ0) is 9.68. The Morgan fingerprint density at radius 3 is 3.00 bits per heavy atom. The van der Waals surface area contributed by atoms with Crippen LogP contribution in [0.5, 0.6) is 0 Å². The Morgan fingerprint density at radius 1 is 1.62 bits per heavy atom. The van der Waals surface area contributed by atoms with Crippen LogP contribution in [-0.2, 0) is 11.2 Å². The number of nitrogens with two attached hydrogens (primary N) is 1.